The molecule has 0 saturated carbocycles. The highest BCUT2D eigenvalue weighted by molar-refractivity contribution is 6.46. The minimum Gasteiger partial charge on any atom is -0.507 e. The molecule has 1 atom stereocenters. The third-order valence-electron chi connectivity index (χ3n) is 6.33. The van der Waals surface area contributed by atoms with Gasteiger partial charge >= 0.3 is 0 Å². The van der Waals surface area contributed by atoms with Gasteiger partial charge in [-0.25, -0.2) is 4.98 Å². The number of imidazole rings is 1. The van der Waals surface area contributed by atoms with Crippen molar-refractivity contribution < 1.29 is 19.4 Å². The fourth-order valence-electron chi connectivity index (χ4n) is 4.38. The number of amides is 1. The van der Waals surface area contributed by atoms with Crippen molar-refractivity contribution in [3.05, 3.63) is 102 Å². The summed E-state index contributed by atoms with van der Waals surface area (Å²) >= 11 is 0. The maximum Gasteiger partial charge on any atom is 0.295 e. The van der Waals surface area contributed by atoms with Crippen molar-refractivity contribution in [2.75, 3.05) is 13.2 Å². The number of benzene rings is 2. The normalized spacial score (nSPS) is 17.1. The third-order valence-corrected chi connectivity index (χ3v) is 6.33. The van der Waals surface area contributed by atoms with E-state index in [9.17, 15) is 14.7 Å². The molecule has 1 aliphatic heterocycles. The lowest BCUT2D eigenvalue weighted by Gasteiger charge is -2.26. The fraction of sp³-hybridized carbons (Fsp3) is 0.276. The van der Waals surface area contributed by atoms with Crippen molar-refractivity contribution in [2.45, 2.75) is 38.8 Å². The molecule has 0 unspecified atom stereocenters. The van der Waals surface area contributed by atoms with Crippen LogP contribution in [0, 0.1) is 0 Å². The summed E-state index contributed by atoms with van der Waals surface area (Å²) < 4.78 is 7.44. The molecule has 0 radical (unpaired) electrons. The highest BCUT2D eigenvalue weighted by Crippen LogP contribution is 2.40. The van der Waals surface area contributed by atoms with Crippen molar-refractivity contribution in [1.82, 2.24) is 14.5 Å². The Morgan fingerprint density at radius 3 is 2.44 bits per heavy atom. The average Bonchev–Trinajstić information content (AvgIpc) is 3.50. The fourth-order valence-corrected chi connectivity index (χ4v) is 4.38. The zero-order chi connectivity index (χ0) is 25.7. The molecule has 4 rings (SSSR count). The number of rotatable bonds is 10. The molecule has 0 aliphatic carbocycles. The van der Waals surface area contributed by atoms with Crippen LogP contribution in [0.25, 0.3) is 5.76 Å². The van der Waals surface area contributed by atoms with Gasteiger partial charge in [0.15, 0.2) is 0 Å². The monoisotopic (exact) mass is 485 g/mol. The second kappa shape index (κ2) is 11.1. The van der Waals surface area contributed by atoms with Crippen molar-refractivity contribution in [3.8, 4) is 5.75 Å². The summed E-state index contributed by atoms with van der Waals surface area (Å²) in [6.45, 7) is 9.24. The van der Waals surface area contributed by atoms with E-state index in [1.165, 1.54) is 0 Å². The summed E-state index contributed by atoms with van der Waals surface area (Å²) in [5.41, 5.74) is 2.49. The van der Waals surface area contributed by atoms with Crippen LogP contribution in [0.1, 0.15) is 48.9 Å². The molecule has 36 heavy (non-hydrogen) atoms. The Balaban J connectivity index is 1.70. The van der Waals surface area contributed by atoms with E-state index in [1.54, 1.807) is 47.8 Å². The molecule has 3 aromatic rings. The van der Waals surface area contributed by atoms with Gasteiger partial charge in [0.2, 0.25) is 0 Å². The van der Waals surface area contributed by atoms with E-state index in [2.05, 4.69) is 25.4 Å². The van der Waals surface area contributed by atoms with Crippen LogP contribution >= 0.6 is 0 Å². The molecular formula is C29H31N3O4. The lowest BCUT2D eigenvalue weighted by Crippen LogP contribution is -2.31. The largest absolute Gasteiger partial charge is 0.507 e. The van der Waals surface area contributed by atoms with Crippen LogP contribution in [0.15, 0.2) is 85.5 Å². The highest BCUT2D eigenvalue weighted by Gasteiger charge is 2.45. The number of aliphatic hydroxyl groups is 1. The van der Waals surface area contributed by atoms with Crippen LogP contribution in [0.3, 0.4) is 0 Å². The zero-order valence-corrected chi connectivity index (χ0v) is 20.6. The van der Waals surface area contributed by atoms with Gasteiger partial charge in [-0.05, 0) is 47.7 Å². The highest BCUT2D eigenvalue weighted by atomic mass is 16.5. The molecule has 1 fully saturated rings. The predicted octanol–water partition coefficient (Wildman–Crippen LogP) is 5.08. The van der Waals surface area contributed by atoms with Gasteiger partial charge in [0, 0.05) is 31.0 Å². The molecule has 7 heteroatoms. The number of likely N-dealkylation sites (tertiary alicyclic amines) is 1. The molecule has 0 spiro atoms. The first-order valence-corrected chi connectivity index (χ1v) is 12.1. The zero-order valence-electron chi connectivity index (χ0n) is 20.6. The number of aliphatic hydroxyl groups excluding tert-OH is 1. The Morgan fingerprint density at radius 2 is 1.83 bits per heavy atom. The average molecular weight is 486 g/mol. The predicted molar refractivity (Wildman–Crippen MR) is 139 cm³/mol. The number of aryl methyl sites for hydroxylation is 1. The first kappa shape index (κ1) is 25.0. The first-order valence-electron chi connectivity index (χ1n) is 12.1. The molecule has 1 aromatic heterocycles. The lowest BCUT2D eigenvalue weighted by atomic mass is 9.93. The molecule has 1 N–H and O–H groups in total. The summed E-state index contributed by atoms with van der Waals surface area (Å²) in [6.07, 6.45) is 7.57. The summed E-state index contributed by atoms with van der Waals surface area (Å²) in [5.74, 6) is -0.514. The molecule has 2 heterocycles. The van der Waals surface area contributed by atoms with Crippen LogP contribution < -0.4 is 4.74 Å². The molecule has 2 aromatic carbocycles. The third kappa shape index (κ3) is 5.25. The van der Waals surface area contributed by atoms with E-state index < -0.39 is 17.7 Å². The number of nitrogens with zero attached hydrogens (tertiary/aromatic N) is 3. The minimum atomic E-state index is -0.681. The molecule has 0 bridgehead atoms. The van der Waals surface area contributed by atoms with Gasteiger partial charge in [-0.15, -0.1) is 0 Å². The first-order chi connectivity index (χ1) is 17.4. The second-order valence-corrected chi connectivity index (χ2v) is 9.09. The number of ether oxygens (including phenoxy) is 1. The number of ketones is 1. The van der Waals surface area contributed by atoms with Crippen molar-refractivity contribution in [2.24, 2.45) is 0 Å². The SMILES string of the molecule is C=CCOc1ccc(/C(O)=C2\C(=O)C(=O)N(CCCn3ccnc3)[C@@H]2c2ccc(C(C)C)cc2)cc1. The van der Waals surface area contributed by atoms with Gasteiger partial charge in [0.05, 0.1) is 17.9 Å². The van der Waals surface area contributed by atoms with Gasteiger partial charge < -0.3 is 19.3 Å². The van der Waals surface area contributed by atoms with E-state index in [4.69, 9.17) is 4.74 Å². The van der Waals surface area contributed by atoms with E-state index in [-0.39, 0.29) is 11.3 Å². The smallest absolute Gasteiger partial charge is 0.295 e. The van der Waals surface area contributed by atoms with Crippen LogP contribution in [0.4, 0.5) is 0 Å². The Hall–Kier alpha value is -4.13. The minimum absolute atomic E-state index is 0.0969. The quantitative estimate of drug-likeness (QED) is 0.187. The maximum atomic E-state index is 13.2. The number of hydrogen-bond acceptors (Lipinski definition) is 5. The van der Waals surface area contributed by atoms with Crippen LogP contribution in [-0.2, 0) is 16.1 Å². The molecule has 1 saturated heterocycles. The lowest BCUT2D eigenvalue weighted by molar-refractivity contribution is -0.139. The topological polar surface area (TPSA) is 84.7 Å². The Kier molecular flexibility index (Phi) is 7.68. The van der Waals surface area contributed by atoms with Gasteiger partial charge in [0.25, 0.3) is 11.7 Å². The van der Waals surface area contributed by atoms with E-state index in [0.717, 1.165) is 11.1 Å². The number of Topliss-reactive ketones (excluding diaryl/α,β-unsaturated/α-hetero) is 1. The van der Waals surface area contributed by atoms with Gasteiger partial charge in [-0.1, -0.05) is 50.8 Å². The summed E-state index contributed by atoms with van der Waals surface area (Å²) in [4.78, 5) is 32.0. The summed E-state index contributed by atoms with van der Waals surface area (Å²) in [5, 5.41) is 11.3. The molecule has 1 amide bonds. The standard InChI is InChI=1S/C29H31N3O4/c1-4-18-36-24-12-10-23(11-13-24)27(33)25-26(22-8-6-21(7-9-22)20(2)3)32(29(35)28(25)34)16-5-15-31-17-14-30-19-31/h4,6-14,17,19-20,26,33H,1,5,15-16,18H2,2-3H3/b27-25+/t26-/m1/s1. The molecule has 186 valence electrons. The van der Waals surface area contributed by atoms with E-state index in [1.807, 2.05) is 35.0 Å². The Labute approximate surface area is 211 Å². The maximum absolute atomic E-state index is 13.2. The van der Waals surface area contributed by atoms with Crippen LogP contribution in [-0.4, -0.2) is 44.4 Å². The molecule has 1 aliphatic rings. The van der Waals surface area contributed by atoms with Gasteiger partial charge in [-0.2, -0.15) is 0 Å². The van der Waals surface area contributed by atoms with Crippen LogP contribution in [0.5, 0.6) is 5.75 Å². The number of hydrogen-bond donors (Lipinski definition) is 1. The van der Waals surface area contributed by atoms with E-state index >= 15 is 0 Å². The second-order valence-electron chi connectivity index (χ2n) is 9.09. The summed E-state index contributed by atoms with van der Waals surface area (Å²) in [7, 11) is 0. The van der Waals surface area contributed by atoms with Gasteiger partial charge in [-0.3, -0.25) is 9.59 Å². The Bertz CT molecular complexity index is 1240. The molecular weight excluding hydrogens is 454 g/mol. The van der Waals surface area contributed by atoms with E-state index in [0.29, 0.717) is 43.3 Å². The number of carbonyl (C=O) groups is 2. The number of aromatic nitrogens is 2. The Morgan fingerprint density at radius 1 is 1.11 bits per heavy atom. The number of carbonyl (C=O) groups excluding carboxylic acids is 2. The van der Waals surface area contributed by atoms with Crippen molar-refractivity contribution in [3.63, 3.8) is 0 Å². The molecule has 7 nitrogen and oxygen atoms in total. The van der Waals surface area contributed by atoms with Crippen molar-refractivity contribution in [1.29, 1.82) is 0 Å². The summed E-state index contributed by atoms with van der Waals surface area (Å²) in [6, 6.07) is 14.0. The van der Waals surface area contributed by atoms with Crippen LogP contribution in [0.2, 0.25) is 0 Å². The van der Waals surface area contributed by atoms with Crippen molar-refractivity contribution >= 4 is 17.4 Å². The van der Waals surface area contributed by atoms with Gasteiger partial charge in [0.1, 0.15) is 18.1 Å².